The predicted molar refractivity (Wildman–Crippen MR) is 115 cm³/mol. The Labute approximate surface area is 175 Å². The number of aromatic nitrogens is 1. The van der Waals surface area contributed by atoms with Gasteiger partial charge in [-0.25, -0.2) is 4.79 Å². The van der Waals surface area contributed by atoms with Gasteiger partial charge in [0, 0.05) is 17.6 Å². The summed E-state index contributed by atoms with van der Waals surface area (Å²) in [5.41, 5.74) is 3.33. The van der Waals surface area contributed by atoms with Crippen molar-refractivity contribution in [2.24, 2.45) is 0 Å². The molecule has 152 valence electrons. The molecule has 1 aromatic heterocycles. The Kier molecular flexibility index (Phi) is 6.76. The van der Waals surface area contributed by atoms with Crippen molar-refractivity contribution in [2.45, 2.75) is 26.7 Å². The van der Waals surface area contributed by atoms with Crippen molar-refractivity contribution in [3.63, 3.8) is 0 Å². The lowest BCUT2D eigenvalue weighted by Crippen LogP contribution is -2.35. The fourth-order valence-electron chi connectivity index (χ4n) is 3.41. The SMILES string of the molecule is CCc1nc2ccccc2c(C)c1C(=O)OCC(=O)N(CCC#N)c1ccccc1. The molecular weight excluding hydrogens is 378 g/mol. The van der Waals surface area contributed by atoms with Crippen molar-refractivity contribution in [1.82, 2.24) is 4.98 Å². The zero-order valence-corrected chi connectivity index (χ0v) is 17.1. The van der Waals surface area contributed by atoms with Crippen molar-refractivity contribution in [3.8, 4) is 6.07 Å². The summed E-state index contributed by atoms with van der Waals surface area (Å²) in [7, 11) is 0. The molecule has 0 spiro atoms. The molecule has 0 fully saturated rings. The van der Waals surface area contributed by atoms with Gasteiger partial charge in [0.25, 0.3) is 5.91 Å². The van der Waals surface area contributed by atoms with Gasteiger partial charge in [0.15, 0.2) is 6.61 Å². The number of nitriles is 1. The van der Waals surface area contributed by atoms with Crippen LogP contribution in [0.15, 0.2) is 54.6 Å². The zero-order chi connectivity index (χ0) is 21.5. The normalized spacial score (nSPS) is 10.4. The van der Waals surface area contributed by atoms with Crippen LogP contribution in [0.1, 0.15) is 35.0 Å². The van der Waals surface area contributed by atoms with Crippen LogP contribution in [0.5, 0.6) is 0 Å². The molecule has 1 amide bonds. The highest BCUT2D eigenvalue weighted by Crippen LogP contribution is 2.24. The fourth-order valence-corrected chi connectivity index (χ4v) is 3.41. The van der Waals surface area contributed by atoms with Gasteiger partial charge >= 0.3 is 5.97 Å². The van der Waals surface area contributed by atoms with E-state index >= 15 is 0 Å². The van der Waals surface area contributed by atoms with Crippen LogP contribution in [-0.4, -0.2) is 30.0 Å². The lowest BCUT2D eigenvalue weighted by Gasteiger charge is -2.22. The molecule has 6 heteroatoms. The number of fused-ring (bicyclic) bond motifs is 1. The summed E-state index contributed by atoms with van der Waals surface area (Å²) in [4.78, 5) is 31.7. The van der Waals surface area contributed by atoms with Gasteiger partial charge in [0.1, 0.15) is 0 Å². The molecule has 0 atom stereocenters. The first kappa shape index (κ1) is 21.0. The van der Waals surface area contributed by atoms with E-state index in [9.17, 15) is 9.59 Å². The number of rotatable bonds is 7. The predicted octanol–water partition coefficient (Wildman–Crippen LogP) is 4.21. The van der Waals surface area contributed by atoms with Crippen molar-refractivity contribution in [2.75, 3.05) is 18.1 Å². The second-order valence-corrected chi connectivity index (χ2v) is 6.79. The molecule has 0 saturated carbocycles. The number of benzene rings is 2. The molecule has 3 rings (SSSR count). The first-order valence-electron chi connectivity index (χ1n) is 9.84. The van der Waals surface area contributed by atoms with Crippen LogP contribution in [0.3, 0.4) is 0 Å². The molecule has 3 aromatic rings. The molecule has 1 heterocycles. The molecule has 2 aromatic carbocycles. The lowest BCUT2D eigenvalue weighted by atomic mass is 10.0. The van der Waals surface area contributed by atoms with E-state index in [0.29, 0.717) is 23.4 Å². The lowest BCUT2D eigenvalue weighted by molar-refractivity contribution is -0.121. The Hall–Kier alpha value is -3.72. The maximum atomic E-state index is 12.9. The summed E-state index contributed by atoms with van der Waals surface area (Å²) in [6.45, 7) is 3.62. The van der Waals surface area contributed by atoms with Gasteiger partial charge in [-0.15, -0.1) is 0 Å². The number of pyridine rings is 1. The summed E-state index contributed by atoms with van der Waals surface area (Å²) in [6.07, 6.45) is 0.755. The Morgan fingerprint density at radius 3 is 2.50 bits per heavy atom. The minimum Gasteiger partial charge on any atom is -0.452 e. The van der Waals surface area contributed by atoms with E-state index in [1.165, 1.54) is 4.90 Å². The van der Waals surface area contributed by atoms with E-state index in [-0.39, 0.29) is 18.9 Å². The van der Waals surface area contributed by atoms with Gasteiger partial charge in [0.05, 0.1) is 29.3 Å². The van der Waals surface area contributed by atoms with Gasteiger partial charge in [-0.3, -0.25) is 9.78 Å². The molecule has 30 heavy (non-hydrogen) atoms. The van der Waals surface area contributed by atoms with Gasteiger partial charge < -0.3 is 9.64 Å². The first-order chi connectivity index (χ1) is 14.6. The summed E-state index contributed by atoms with van der Waals surface area (Å²) >= 11 is 0. The molecule has 0 aliphatic heterocycles. The number of hydrogen-bond acceptors (Lipinski definition) is 5. The maximum absolute atomic E-state index is 12.9. The van der Waals surface area contributed by atoms with E-state index in [4.69, 9.17) is 10.00 Å². The van der Waals surface area contributed by atoms with E-state index in [1.54, 1.807) is 12.1 Å². The number of aryl methyl sites for hydroxylation is 2. The summed E-state index contributed by atoms with van der Waals surface area (Å²) < 4.78 is 5.39. The standard InChI is InChI=1S/C24H23N3O3/c1-3-20-23(17(2)19-12-7-8-13-21(19)26-20)24(29)30-16-22(28)27(15-9-14-25)18-10-5-4-6-11-18/h4-8,10-13H,3,9,15-16H2,1-2H3. The van der Waals surface area contributed by atoms with Gasteiger partial charge in [-0.05, 0) is 37.1 Å². The minimum absolute atomic E-state index is 0.183. The third kappa shape index (κ3) is 4.47. The van der Waals surface area contributed by atoms with Crippen LogP contribution in [0, 0.1) is 18.3 Å². The fraction of sp³-hybridized carbons (Fsp3) is 0.250. The second kappa shape index (κ2) is 9.66. The quantitative estimate of drug-likeness (QED) is 0.554. The molecule has 0 saturated heterocycles. The molecule has 0 unspecified atom stereocenters. The van der Waals surface area contributed by atoms with Crippen molar-refractivity contribution in [1.29, 1.82) is 5.26 Å². The smallest absolute Gasteiger partial charge is 0.340 e. The molecule has 0 aliphatic carbocycles. The van der Waals surface area contributed by atoms with Crippen LogP contribution in [0.25, 0.3) is 10.9 Å². The topological polar surface area (TPSA) is 83.3 Å². The monoisotopic (exact) mass is 401 g/mol. The number of ether oxygens (including phenoxy) is 1. The van der Waals surface area contributed by atoms with E-state index in [0.717, 1.165) is 16.5 Å². The van der Waals surface area contributed by atoms with Crippen LogP contribution in [0.2, 0.25) is 0 Å². The van der Waals surface area contributed by atoms with Crippen LogP contribution >= 0.6 is 0 Å². The number of hydrogen-bond donors (Lipinski definition) is 0. The third-order valence-corrected chi connectivity index (χ3v) is 4.91. The summed E-state index contributed by atoms with van der Waals surface area (Å²) in [6, 6.07) is 18.7. The highest BCUT2D eigenvalue weighted by molar-refractivity contribution is 6.00. The van der Waals surface area contributed by atoms with Gasteiger partial charge in [-0.2, -0.15) is 5.26 Å². The highest BCUT2D eigenvalue weighted by atomic mass is 16.5. The number of carbonyl (C=O) groups excluding carboxylic acids is 2. The van der Waals surface area contributed by atoms with E-state index in [1.807, 2.05) is 62.4 Å². The molecule has 6 nitrogen and oxygen atoms in total. The van der Waals surface area contributed by atoms with Gasteiger partial charge in [0.2, 0.25) is 0 Å². The largest absolute Gasteiger partial charge is 0.452 e. The van der Waals surface area contributed by atoms with E-state index < -0.39 is 12.6 Å². The molecular formula is C24H23N3O3. The van der Waals surface area contributed by atoms with Gasteiger partial charge in [-0.1, -0.05) is 43.3 Å². The number of anilines is 1. The number of amides is 1. The van der Waals surface area contributed by atoms with Crippen molar-refractivity contribution in [3.05, 3.63) is 71.4 Å². The molecule has 0 aliphatic rings. The van der Waals surface area contributed by atoms with Crippen LogP contribution in [-0.2, 0) is 16.0 Å². The number of para-hydroxylation sites is 2. The Morgan fingerprint density at radius 2 is 1.80 bits per heavy atom. The third-order valence-electron chi connectivity index (χ3n) is 4.91. The Morgan fingerprint density at radius 1 is 1.10 bits per heavy atom. The Balaban J connectivity index is 1.81. The number of nitrogens with zero attached hydrogens (tertiary/aromatic N) is 3. The maximum Gasteiger partial charge on any atom is 0.340 e. The first-order valence-corrected chi connectivity index (χ1v) is 9.84. The highest BCUT2D eigenvalue weighted by Gasteiger charge is 2.22. The molecule has 0 bridgehead atoms. The van der Waals surface area contributed by atoms with E-state index in [2.05, 4.69) is 4.98 Å². The Bertz CT molecular complexity index is 1100. The van der Waals surface area contributed by atoms with Crippen molar-refractivity contribution < 1.29 is 14.3 Å². The minimum atomic E-state index is -0.566. The zero-order valence-electron chi connectivity index (χ0n) is 17.1. The number of esters is 1. The number of carbonyl (C=O) groups is 2. The average Bonchev–Trinajstić information content (AvgIpc) is 2.78. The summed E-state index contributed by atoms with van der Waals surface area (Å²) in [5.74, 6) is -0.946. The van der Waals surface area contributed by atoms with Crippen LogP contribution < -0.4 is 4.90 Å². The molecule has 0 N–H and O–H groups in total. The summed E-state index contributed by atoms with van der Waals surface area (Å²) in [5, 5.41) is 9.79. The van der Waals surface area contributed by atoms with Crippen molar-refractivity contribution >= 4 is 28.5 Å². The van der Waals surface area contributed by atoms with Crippen LogP contribution in [0.4, 0.5) is 5.69 Å². The molecule has 0 radical (unpaired) electrons. The average molecular weight is 401 g/mol. The second-order valence-electron chi connectivity index (χ2n) is 6.79.